The minimum Gasteiger partial charge on any atom is -0.396 e. The number of piperidine rings is 1. The summed E-state index contributed by atoms with van der Waals surface area (Å²) in [5, 5.41) is 10.1. The van der Waals surface area contributed by atoms with Gasteiger partial charge in [0.05, 0.1) is 11.4 Å². The highest BCUT2D eigenvalue weighted by molar-refractivity contribution is 7.18. The number of H-pyrrole nitrogens is 1. The van der Waals surface area contributed by atoms with Crippen molar-refractivity contribution in [3.05, 3.63) is 26.6 Å². The quantitative estimate of drug-likeness (QED) is 0.910. The number of aryl methyl sites for hydroxylation is 2. The molecule has 3 rings (SSSR count). The van der Waals surface area contributed by atoms with Crippen molar-refractivity contribution in [2.24, 2.45) is 5.92 Å². The summed E-state index contributed by atoms with van der Waals surface area (Å²) in [6, 6.07) is 0.0640. The minimum absolute atomic E-state index is 0.0376. The molecule has 1 fully saturated rings. The summed E-state index contributed by atoms with van der Waals surface area (Å²) in [7, 11) is 0. The van der Waals surface area contributed by atoms with E-state index in [1.54, 1.807) is 11.3 Å². The van der Waals surface area contributed by atoms with Gasteiger partial charge in [-0.1, -0.05) is 0 Å². The number of hydrogen-bond donors (Lipinski definition) is 2. The van der Waals surface area contributed by atoms with Crippen LogP contribution in [0.2, 0.25) is 0 Å². The first-order valence-electron chi connectivity index (χ1n) is 7.86. The van der Waals surface area contributed by atoms with Crippen LogP contribution in [0.1, 0.15) is 42.1 Å². The molecule has 0 saturated carbocycles. The van der Waals surface area contributed by atoms with Gasteiger partial charge in [0.1, 0.15) is 10.7 Å². The van der Waals surface area contributed by atoms with Crippen molar-refractivity contribution in [3.63, 3.8) is 0 Å². The molecule has 2 aromatic heterocycles. The topological polar surface area (TPSA) is 69.2 Å². The van der Waals surface area contributed by atoms with Crippen LogP contribution in [-0.2, 0) is 0 Å². The number of fused-ring (bicyclic) bond motifs is 1. The maximum absolute atomic E-state index is 12.4. The van der Waals surface area contributed by atoms with E-state index in [2.05, 4.69) is 16.8 Å². The molecule has 5 nitrogen and oxygen atoms in total. The van der Waals surface area contributed by atoms with Crippen LogP contribution in [0.4, 0.5) is 0 Å². The van der Waals surface area contributed by atoms with E-state index in [0.717, 1.165) is 52.4 Å². The predicted octanol–water partition coefficient (Wildman–Crippen LogP) is 2.37. The fraction of sp³-hybridized carbons (Fsp3) is 0.625. The monoisotopic (exact) mass is 321 g/mol. The van der Waals surface area contributed by atoms with Crippen molar-refractivity contribution in [1.82, 2.24) is 14.9 Å². The molecule has 0 aromatic carbocycles. The fourth-order valence-electron chi connectivity index (χ4n) is 3.24. The number of nitrogens with one attached hydrogen (secondary N) is 1. The third-order valence-electron chi connectivity index (χ3n) is 4.81. The smallest absolute Gasteiger partial charge is 0.259 e. The van der Waals surface area contributed by atoms with Gasteiger partial charge in [-0.25, -0.2) is 4.98 Å². The fourth-order valence-corrected chi connectivity index (χ4v) is 4.28. The van der Waals surface area contributed by atoms with Crippen molar-refractivity contribution in [2.75, 3.05) is 19.7 Å². The Labute approximate surface area is 134 Å². The van der Waals surface area contributed by atoms with Gasteiger partial charge in [-0.2, -0.15) is 0 Å². The van der Waals surface area contributed by atoms with Crippen molar-refractivity contribution >= 4 is 21.6 Å². The van der Waals surface area contributed by atoms with Crippen molar-refractivity contribution in [1.29, 1.82) is 0 Å². The average molecular weight is 321 g/mol. The van der Waals surface area contributed by atoms with E-state index in [9.17, 15) is 9.90 Å². The normalized spacial score (nSPS) is 21.4. The molecular weight excluding hydrogens is 298 g/mol. The molecule has 0 amide bonds. The Morgan fingerprint density at radius 1 is 1.50 bits per heavy atom. The van der Waals surface area contributed by atoms with Gasteiger partial charge in [-0.15, -0.1) is 11.3 Å². The molecule has 0 aliphatic carbocycles. The summed E-state index contributed by atoms with van der Waals surface area (Å²) in [5.74, 6) is 1.07. The highest BCUT2D eigenvalue weighted by Crippen LogP contribution is 2.28. The molecule has 1 aliphatic rings. The molecule has 2 unspecified atom stereocenters. The number of rotatable bonds is 3. The summed E-state index contributed by atoms with van der Waals surface area (Å²) in [6.07, 6.45) is 2.16. The lowest BCUT2D eigenvalue weighted by Crippen LogP contribution is -2.39. The van der Waals surface area contributed by atoms with Gasteiger partial charge in [0, 0.05) is 18.0 Å². The molecule has 1 aliphatic heterocycles. The van der Waals surface area contributed by atoms with Crippen molar-refractivity contribution < 1.29 is 5.11 Å². The third-order valence-corrected chi connectivity index (χ3v) is 5.91. The maximum atomic E-state index is 12.4. The van der Waals surface area contributed by atoms with Crippen molar-refractivity contribution in [2.45, 2.75) is 39.7 Å². The minimum atomic E-state index is -0.0376. The van der Waals surface area contributed by atoms with Gasteiger partial charge < -0.3 is 10.1 Å². The number of aliphatic hydroxyl groups is 1. The van der Waals surface area contributed by atoms with Crippen LogP contribution in [0.5, 0.6) is 0 Å². The van der Waals surface area contributed by atoms with E-state index in [0.29, 0.717) is 5.92 Å². The number of aromatic nitrogens is 2. The Bertz CT molecular complexity index is 737. The third kappa shape index (κ3) is 2.71. The Morgan fingerprint density at radius 2 is 2.27 bits per heavy atom. The van der Waals surface area contributed by atoms with Gasteiger partial charge in [-0.05, 0) is 51.6 Å². The maximum Gasteiger partial charge on any atom is 0.259 e. The van der Waals surface area contributed by atoms with E-state index >= 15 is 0 Å². The molecule has 0 bridgehead atoms. The predicted molar refractivity (Wildman–Crippen MR) is 89.5 cm³/mol. The summed E-state index contributed by atoms with van der Waals surface area (Å²) in [4.78, 5) is 24.4. The molecule has 2 atom stereocenters. The summed E-state index contributed by atoms with van der Waals surface area (Å²) in [6.45, 7) is 8.17. The second-order valence-corrected chi connectivity index (χ2v) is 7.48. The highest BCUT2D eigenvalue weighted by Gasteiger charge is 2.26. The van der Waals surface area contributed by atoms with E-state index in [1.807, 2.05) is 13.8 Å². The van der Waals surface area contributed by atoms with E-state index < -0.39 is 0 Å². The Hall–Kier alpha value is -1.24. The first-order valence-corrected chi connectivity index (χ1v) is 8.67. The molecule has 0 radical (unpaired) electrons. The van der Waals surface area contributed by atoms with E-state index in [1.165, 1.54) is 0 Å². The standard InChI is InChI=1S/C16H23N3O2S/c1-9-11(3)22-16-13(9)15(21)17-14(18-16)10(2)19-6-4-5-12(7-19)8-20/h10,12,20H,4-8H2,1-3H3,(H,17,18,21). The zero-order valence-corrected chi connectivity index (χ0v) is 14.2. The summed E-state index contributed by atoms with van der Waals surface area (Å²) >= 11 is 1.59. The molecule has 3 heterocycles. The van der Waals surface area contributed by atoms with E-state index in [-0.39, 0.29) is 18.2 Å². The first kappa shape index (κ1) is 15.6. The highest BCUT2D eigenvalue weighted by atomic mass is 32.1. The Balaban J connectivity index is 1.94. The molecule has 2 aromatic rings. The van der Waals surface area contributed by atoms with E-state index in [4.69, 9.17) is 4.98 Å². The first-order chi connectivity index (χ1) is 10.5. The lowest BCUT2D eigenvalue weighted by molar-refractivity contribution is 0.0907. The van der Waals surface area contributed by atoms with Gasteiger partial charge in [0.15, 0.2) is 0 Å². The second kappa shape index (κ2) is 6.10. The van der Waals surface area contributed by atoms with Gasteiger partial charge in [0.25, 0.3) is 5.56 Å². The number of hydrogen-bond acceptors (Lipinski definition) is 5. The summed E-state index contributed by atoms with van der Waals surface area (Å²) < 4.78 is 0. The van der Waals surface area contributed by atoms with Crippen LogP contribution in [0.3, 0.4) is 0 Å². The number of aromatic amines is 1. The number of nitrogens with zero attached hydrogens (tertiary/aromatic N) is 2. The number of likely N-dealkylation sites (tertiary alicyclic amines) is 1. The van der Waals surface area contributed by atoms with Gasteiger partial charge in [0.2, 0.25) is 0 Å². The van der Waals surface area contributed by atoms with Crippen LogP contribution in [-0.4, -0.2) is 39.7 Å². The second-order valence-electron chi connectivity index (χ2n) is 6.28. The zero-order valence-electron chi connectivity index (χ0n) is 13.3. The lowest BCUT2D eigenvalue weighted by atomic mass is 9.97. The molecule has 22 heavy (non-hydrogen) atoms. The molecule has 1 saturated heterocycles. The van der Waals surface area contributed by atoms with Crippen LogP contribution in [0.25, 0.3) is 10.2 Å². The van der Waals surface area contributed by atoms with Crippen LogP contribution in [0.15, 0.2) is 4.79 Å². The van der Waals surface area contributed by atoms with Crippen LogP contribution < -0.4 is 5.56 Å². The molecule has 2 N–H and O–H groups in total. The van der Waals surface area contributed by atoms with Crippen molar-refractivity contribution in [3.8, 4) is 0 Å². The molecule has 0 spiro atoms. The van der Waals surface area contributed by atoms with Gasteiger partial charge in [-0.3, -0.25) is 9.69 Å². The number of thiophene rings is 1. The zero-order chi connectivity index (χ0) is 15.9. The molecule has 120 valence electrons. The number of aliphatic hydroxyl groups excluding tert-OH is 1. The SMILES string of the molecule is Cc1sc2nc(C(C)N3CCCC(CO)C3)[nH]c(=O)c2c1C. The van der Waals surface area contributed by atoms with Gasteiger partial charge >= 0.3 is 0 Å². The Morgan fingerprint density at radius 3 is 3.00 bits per heavy atom. The lowest BCUT2D eigenvalue weighted by Gasteiger charge is -2.35. The summed E-state index contributed by atoms with van der Waals surface area (Å²) in [5.41, 5.74) is 0.996. The molecule has 6 heteroatoms. The molecular formula is C16H23N3O2S. The average Bonchev–Trinajstić information content (AvgIpc) is 2.81. The van der Waals surface area contributed by atoms with Crippen LogP contribution >= 0.6 is 11.3 Å². The Kier molecular flexibility index (Phi) is 4.34. The largest absolute Gasteiger partial charge is 0.396 e. The van der Waals surface area contributed by atoms with Crippen LogP contribution in [0, 0.1) is 19.8 Å².